The van der Waals surface area contributed by atoms with Crippen LogP contribution in [0.5, 0.6) is 17.2 Å². The van der Waals surface area contributed by atoms with Crippen LogP contribution in [0.15, 0.2) is 55.0 Å². The van der Waals surface area contributed by atoms with Gasteiger partial charge in [0.1, 0.15) is 23.8 Å². The minimum absolute atomic E-state index is 0.548. The Bertz CT molecular complexity index is 1330. The molecule has 9 nitrogen and oxygen atoms in total. The summed E-state index contributed by atoms with van der Waals surface area (Å²) in [5, 5.41) is 3.42. The number of ether oxygens (including phenoxy) is 3. The number of hydrogen-bond acceptors (Lipinski definition) is 8. The van der Waals surface area contributed by atoms with Crippen LogP contribution in [0.25, 0.3) is 5.69 Å². The summed E-state index contributed by atoms with van der Waals surface area (Å²) < 4.78 is 18.3. The lowest BCUT2D eigenvalue weighted by molar-refractivity contribution is 0.241. The van der Waals surface area contributed by atoms with Crippen LogP contribution in [0.3, 0.4) is 0 Å². The lowest BCUT2D eigenvalue weighted by Gasteiger charge is -2.29. The summed E-state index contributed by atoms with van der Waals surface area (Å²) in [5.74, 6) is 3.95. The zero-order valence-corrected chi connectivity index (χ0v) is 21.0. The summed E-state index contributed by atoms with van der Waals surface area (Å²) in [6, 6.07) is 14.3. The van der Waals surface area contributed by atoms with Crippen molar-refractivity contribution in [3.8, 4) is 22.9 Å². The number of hydrogen-bond donors (Lipinski definition) is 1. The first-order valence-corrected chi connectivity index (χ1v) is 11.8. The van der Waals surface area contributed by atoms with E-state index >= 15 is 0 Å². The SMILES string of the molecule is COc1cc(-n2cnc(Nc3nc(C)nc4c3CCN(Cc3ccccc3)C4)c2)cc(OC)c1OC. The highest BCUT2D eigenvalue weighted by molar-refractivity contribution is 5.60. The van der Waals surface area contributed by atoms with E-state index in [1.54, 1.807) is 27.7 Å². The zero-order chi connectivity index (χ0) is 25.1. The third-order valence-corrected chi connectivity index (χ3v) is 6.28. The van der Waals surface area contributed by atoms with Gasteiger partial charge < -0.3 is 24.1 Å². The molecule has 0 spiro atoms. The zero-order valence-electron chi connectivity index (χ0n) is 21.0. The lowest BCUT2D eigenvalue weighted by atomic mass is 10.0. The molecule has 1 aliphatic rings. The molecule has 186 valence electrons. The van der Waals surface area contributed by atoms with Gasteiger partial charge in [-0.15, -0.1) is 0 Å². The maximum Gasteiger partial charge on any atom is 0.203 e. The van der Waals surface area contributed by atoms with E-state index < -0.39 is 0 Å². The van der Waals surface area contributed by atoms with E-state index in [1.807, 2.05) is 35.9 Å². The van der Waals surface area contributed by atoms with Gasteiger partial charge in [-0.2, -0.15) is 0 Å². The second kappa shape index (κ2) is 10.2. The molecule has 1 aliphatic heterocycles. The van der Waals surface area contributed by atoms with Gasteiger partial charge in [-0.05, 0) is 18.9 Å². The smallest absolute Gasteiger partial charge is 0.203 e. The summed E-state index contributed by atoms with van der Waals surface area (Å²) in [6.07, 6.45) is 4.53. The predicted octanol–water partition coefficient (Wildman–Crippen LogP) is 4.30. The molecule has 0 radical (unpaired) electrons. The molecule has 36 heavy (non-hydrogen) atoms. The van der Waals surface area contributed by atoms with Crippen molar-refractivity contribution in [2.75, 3.05) is 33.2 Å². The molecule has 0 fully saturated rings. The molecule has 0 saturated heterocycles. The van der Waals surface area contributed by atoms with Crippen molar-refractivity contribution < 1.29 is 14.2 Å². The maximum atomic E-state index is 5.49. The highest BCUT2D eigenvalue weighted by atomic mass is 16.5. The number of benzene rings is 2. The predicted molar refractivity (Wildman–Crippen MR) is 138 cm³/mol. The van der Waals surface area contributed by atoms with Crippen molar-refractivity contribution in [1.82, 2.24) is 24.4 Å². The first-order chi connectivity index (χ1) is 17.6. The second-order valence-electron chi connectivity index (χ2n) is 8.67. The second-order valence-corrected chi connectivity index (χ2v) is 8.67. The van der Waals surface area contributed by atoms with Crippen LogP contribution in [-0.4, -0.2) is 52.3 Å². The molecule has 0 unspecified atom stereocenters. The minimum Gasteiger partial charge on any atom is -0.493 e. The van der Waals surface area contributed by atoms with Gasteiger partial charge in [0.25, 0.3) is 0 Å². The summed E-state index contributed by atoms with van der Waals surface area (Å²) in [5.41, 5.74) is 4.35. The average Bonchev–Trinajstić information content (AvgIpc) is 3.36. The number of rotatable bonds is 8. The largest absolute Gasteiger partial charge is 0.493 e. The monoisotopic (exact) mass is 486 g/mol. The number of fused-ring (bicyclic) bond motifs is 1. The van der Waals surface area contributed by atoms with Crippen molar-refractivity contribution in [2.24, 2.45) is 0 Å². The first-order valence-electron chi connectivity index (χ1n) is 11.8. The number of aromatic nitrogens is 4. The highest BCUT2D eigenvalue weighted by Crippen LogP contribution is 2.39. The van der Waals surface area contributed by atoms with Crippen LogP contribution in [-0.2, 0) is 19.5 Å². The number of imidazole rings is 1. The lowest BCUT2D eigenvalue weighted by Crippen LogP contribution is -2.31. The van der Waals surface area contributed by atoms with Crippen molar-refractivity contribution >= 4 is 11.6 Å². The summed E-state index contributed by atoms with van der Waals surface area (Å²) in [6.45, 7) is 4.58. The first kappa shape index (κ1) is 23.6. The average molecular weight is 487 g/mol. The Balaban J connectivity index is 1.37. The standard InChI is InChI=1S/C27H30N6O3/c1-18-29-22-15-32(14-19-8-6-5-7-9-19)11-10-21(22)27(30-18)31-25-16-33(17-28-25)20-12-23(34-2)26(36-4)24(13-20)35-3/h5-9,12-13,16-17H,10-11,14-15H2,1-4H3,(H,29,30,31). The molecule has 4 aromatic rings. The van der Waals surface area contributed by atoms with Crippen LogP contribution in [0, 0.1) is 6.92 Å². The van der Waals surface area contributed by atoms with E-state index in [-0.39, 0.29) is 0 Å². The Labute approximate surface area is 210 Å². The Morgan fingerprint density at radius 3 is 2.42 bits per heavy atom. The fraction of sp³-hybridized carbons (Fsp3) is 0.296. The third kappa shape index (κ3) is 4.83. The molecule has 5 rings (SSSR count). The summed E-state index contributed by atoms with van der Waals surface area (Å²) in [4.78, 5) is 16.4. The van der Waals surface area contributed by atoms with E-state index in [0.29, 0.717) is 23.1 Å². The van der Waals surface area contributed by atoms with Crippen LogP contribution in [0.4, 0.5) is 11.6 Å². The van der Waals surface area contributed by atoms with E-state index in [9.17, 15) is 0 Å². The summed E-state index contributed by atoms with van der Waals surface area (Å²) in [7, 11) is 4.79. The van der Waals surface area contributed by atoms with Crippen LogP contribution < -0.4 is 19.5 Å². The molecule has 0 aliphatic carbocycles. The number of nitrogens with one attached hydrogen (secondary N) is 1. The normalized spacial score (nSPS) is 13.2. The van der Waals surface area contributed by atoms with E-state index in [0.717, 1.165) is 54.6 Å². The van der Waals surface area contributed by atoms with Gasteiger partial charge >= 0.3 is 0 Å². The molecule has 0 bridgehead atoms. The van der Waals surface area contributed by atoms with Gasteiger partial charge in [0.05, 0.1) is 38.9 Å². The molecule has 2 aromatic carbocycles. The quantitative estimate of drug-likeness (QED) is 0.395. The molecule has 0 amide bonds. The molecule has 0 saturated carbocycles. The summed E-state index contributed by atoms with van der Waals surface area (Å²) >= 11 is 0. The van der Waals surface area contributed by atoms with Crippen molar-refractivity contribution in [3.05, 3.63) is 77.6 Å². The van der Waals surface area contributed by atoms with Crippen molar-refractivity contribution in [3.63, 3.8) is 0 Å². The highest BCUT2D eigenvalue weighted by Gasteiger charge is 2.22. The third-order valence-electron chi connectivity index (χ3n) is 6.28. The van der Waals surface area contributed by atoms with Crippen LogP contribution in [0.1, 0.15) is 22.6 Å². The number of aryl methyl sites for hydroxylation is 1. The molecule has 3 heterocycles. The molecule has 2 aromatic heterocycles. The maximum absolute atomic E-state index is 5.49. The van der Waals surface area contributed by atoms with Crippen molar-refractivity contribution in [2.45, 2.75) is 26.4 Å². The molecule has 9 heteroatoms. The van der Waals surface area contributed by atoms with Gasteiger partial charge in [0.15, 0.2) is 11.5 Å². The molecule has 1 N–H and O–H groups in total. The Morgan fingerprint density at radius 2 is 1.72 bits per heavy atom. The Morgan fingerprint density at radius 1 is 0.972 bits per heavy atom. The van der Waals surface area contributed by atoms with Crippen LogP contribution >= 0.6 is 0 Å². The van der Waals surface area contributed by atoms with Crippen LogP contribution in [0.2, 0.25) is 0 Å². The number of nitrogens with zero attached hydrogens (tertiary/aromatic N) is 5. The van der Waals surface area contributed by atoms with Gasteiger partial charge in [0.2, 0.25) is 5.75 Å². The number of anilines is 2. The number of methoxy groups -OCH3 is 3. The Hall–Kier alpha value is -4.11. The fourth-order valence-electron chi connectivity index (χ4n) is 4.55. The van der Waals surface area contributed by atoms with Gasteiger partial charge in [0, 0.05) is 37.3 Å². The van der Waals surface area contributed by atoms with E-state index in [4.69, 9.17) is 24.2 Å². The molecule has 0 atom stereocenters. The van der Waals surface area contributed by atoms with E-state index in [2.05, 4.69) is 39.5 Å². The van der Waals surface area contributed by atoms with E-state index in [1.165, 1.54) is 5.56 Å². The van der Waals surface area contributed by atoms with Gasteiger partial charge in [-0.1, -0.05) is 30.3 Å². The van der Waals surface area contributed by atoms with Crippen molar-refractivity contribution in [1.29, 1.82) is 0 Å². The molecular weight excluding hydrogens is 456 g/mol. The van der Waals surface area contributed by atoms with Gasteiger partial charge in [-0.3, -0.25) is 4.90 Å². The molecular formula is C27H30N6O3. The minimum atomic E-state index is 0.548. The topological polar surface area (TPSA) is 86.6 Å². The van der Waals surface area contributed by atoms with Gasteiger partial charge in [-0.25, -0.2) is 15.0 Å². The fourth-order valence-corrected chi connectivity index (χ4v) is 4.55. The Kier molecular flexibility index (Phi) is 6.73.